The SMILES string of the molecule is O=C(O)O.c1ccc(N(c2ccccc2)c2ccccc2)cc1. The minimum absolute atomic E-state index is 1.17. The highest BCUT2D eigenvalue weighted by Gasteiger charge is 2.10. The third kappa shape index (κ3) is 4.89. The Hall–Kier alpha value is -3.27. The summed E-state index contributed by atoms with van der Waals surface area (Å²) in [6, 6.07) is 31.3. The van der Waals surface area contributed by atoms with Crippen LogP contribution in [0.3, 0.4) is 0 Å². The van der Waals surface area contributed by atoms with E-state index >= 15 is 0 Å². The summed E-state index contributed by atoms with van der Waals surface area (Å²) in [4.78, 5) is 10.8. The van der Waals surface area contributed by atoms with Crippen molar-refractivity contribution < 1.29 is 15.0 Å². The molecule has 0 radical (unpaired) electrons. The molecule has 23 heavy (non-hydrogen) atoms. The van der Waals surface area contributed by atoms with Crippen molar-refractivity contribution in [2.75, 3.05) is 4.90 Å². The lowest BCUT2D eigenvalue weighted by atomic mass is 10.2. The van der Waals surface area contributed by atoms with Gasteiger partial charge in [0.05, 0.1) is 0 Å². The molecule has 0 fully saturated rings. The summed E-state index contributed by atoms with van der Waals surface area (Å²) in [5, 5.41) is 13.9. The highest BCUT2D eigenvalue weighted by atomic mass is 16.6. The standard InChI is InChI=1S/C18H15N.CH2O3/c1-4-10-16(11-5-1)19(17-12-6-2-7-13-17)18-14-8-3-9-15-18;2-1(3)4/h1-15H;(H2,2,3,4). The Balaban J connectivity index is 0.000000433. The fourth-order valence-electron chi connectivity index (χ4n) is 2.18. The molecule has 0 aromatic heterocycles. The summed E-state index contributed by atoms with van der Waals surface area (Å²) in [7, 11) is 0. The minimum Gasteiger partial charge on any atom is -0.450 e. The van der Waals surface area contributed by atoms with E-state index in [1.54, 1.807) is 0 Å². The Bertz CT molecular complexity index is 617. The molecule has 116 valence electrons. The second-order valence-corrected chi connectivity index (χ2v) is 4.62. The van der Waals surface area contributed by atoms with E-state index in [1.165, 1.54) is 17.1 Å². The molecule has 4 heteroatoms. The monoisotopic (exact) mass is 307 g/mol. The molecule has 0 aliphatic heterocycles. The van der Waals surface area contributed by atoms with Gasteiger partial charge in [0.25, 0.3) is 0 Å². The van der Waals surface area contributed by atoms with Crippen LogP contribution in [0.15, 0.2) is 91.0 Å². The summed E-state index contributed by atoms with van der Waals surface area (Å²) in [5.41, 5.74) is 3.50. The second-order valence-electron chi connectivity index (χ2n) is 4.62. The van der Waals surface area contributed by atoms with Crippen LogP contribution in [0.4, 0.5) is 21.9 Å². The van der Waals surface area contributed by atoms with Gasteiger partial charge in [-0.25, -0.2) is 4.79 Å². The number of nitrogens with zero attached hydrogens (tertiary/aromatic N) is 1. The molecule has 0 bridgehead atoms. The number of hydrogen-bond acceptors (Lipinski definition) is 2. The highest BCUT2D eigenvalue weighted by molar-refractivity contribution is 5.76. The van der Waals surface area contributed by atoms with Gasteiger partial charge in [-0.15, -0.1) is 0 Å². The van der Waals surface area contributed by atoms with Crippen molar-refractivity contribution in [1.29, 1.82) is 0 Å². The summed E-state index contributed by atoms with van der Waals surface area (Å²) in [5.74, 6) is 0. The molecule has 0 unspecified atom stereocenters. The molecular formula is C19H17NO3. The molecule has 2 N–H and O–H groups in total. The largest absolute Gasteiger partial charge is 0.503 e. The molecule has 4 nitrogen and oxygen atoms in total. The third-order valence-corrected chi connectivity index (χ3v) is 3.04. The van der Waals surface area contributed by atoms with E-state index in [1.807, 2.05) is 18.2 Å². The van der Waals surface area contributed by atoms with Crippen LogP contribution in [-0.4, -0.2) is 16.4 Å². The van der Waals surface area contributed by atoms with E-state index in [0.717, 1.165) is 0 Å². The topological polar surface area (TPSA) is 60.8 Å². The molecule has 0 saturated carbocycles. The van der Waals surface area contributed by atoms with E-state index in [-0.39, 0.29) is 0 Å². The number of anilines is 3. The molecular weight excluding hydrogens is 290 g/mol. The van der Waals surface area contributed by atoms with Crippen LogP contribution >= 0.6 is 0 Å². The maximum Gasteiger partial charge on any atom is 0.503 e. The van der Waals surface area contributed by atoms with E-state index in [2.05, 4.69) is 77.7 Å². The Labute approximate surface area is 134 Å². The summed E-state index contributed by atoms with van der Waals surface area (Å²) in [6.45, 7) is 0. The molecule has 3 rings (SSSR count). The number of rotatable bonds is 3. The zero-order valence-electron chi connectivity index (χ0n) is 12.4. The molecule has 0 amide bonds. The maximum absolute atomic E-state index is 8.56. The lowest BCUT2D eigenvalue weighted by Crippen LogP contribution is -2.09. The van der Waals surface area contributed by atoms with Crippen LogP contribution in [0.25, 0.3) is 0 Å². The van der Waals surface area contributed by atoms with E-state index in [0.29, 0.717) is 0 Å². The summed E-state index contributed by atoms with van der Waals surface area (Å²) < 4.78 is 0. The Morgan fingerprint density at radius 1 is 0.565 bits per heavy atom. The average Bonchev–Trinajstić information content (AvgIpc) is 2.58. The van der Waals surface area contributed by atoms with Gasteiger partial charge in [0.15, 0.2) is 0 Å². The first-order valence-corrected chi connectivity index (χ1v) is 7.05. The fourth-order valence-corrected chi connectivity index (χ4v) is 2.18. The van der Waals surface area contributed by atoms with Crippen molar-refractivity contribution in [2.45, 2.75) is 0 Å². The smallest absolute Gasteiger partial charge is 0.450 e. The van der Waals surface area contributed by atoms with Gasteiger partial charge in [-0.2, -0.15) is 0 Å². The molecule has 0 spiro atoms. The zero-order chi connectivity index (χ0) is 16.5. The fraction of sp³-hybridized carbons (Fsp3) is 0. The Morgan fingerprint density at radius 2 is 0.783 bits per heavy atom. The number of para-hydroxylation sites is 3. The van der Waals surface area contributed by atoms with Crippen molar-refractivity contribution in [1.82, 2.24) is 0 Å². The third-order valence-electron chi connectivity index (χ3n) is 3.04. The van der Waals surface area contributed by atoms with Gasteiger partial charge >= 0.3 is 6.16 Å². The number of hydrogen-bond donors (Lipinski definition) is 2. The van der Waals surface area contributed by atoms with Crippen LogP contribution in [0.1, 0.15) is 0 Å². The van der Waals surface area contributed by atoms with Gasteiger partial charge in [0, 0.05) is 17.1 Å². The van der Waals surface area contributed by atoms with Crippen LogP contribution < -0.4 is 4.90 Å². The number of carbonyl (C=O) groups is 1. The molecule has 0 saturated heterocycles. The molecule has 3 aromatic rings. The summed E-state index contributed by atoms with van der Waals surface area (Å²) in [6.07, 6.45) is -1.83. The van der Waals surface area contributed by atoms with Gasteiger partial charge < -0.3 is 15.1 Å². The van der Waals surface area contributed by atoms with Crippen LogP contribution in [-0.2, 0) is 0 Å². The molecule has 0 aliphatic carbocycles. The maximum atomic E-state index is 8.56. The lowest BCUT2D eigenvalue weighted by Gasteiger charge is -2.25. The molecule has 0 heterocycles. The van der Waals surface area contributed by atoms with Gasteiger partial charge in [0.2, 0.25) is 0 Å². The van der Waals surface area contributed by atoms with Crippen LogP contribution in [0, 0.1) is 0 Å². The Kier molecular flexibility index (Phi) is 5.77. The number of carboxylic acid groups (broad SMARTS) is 2. The van der Waals surface area contributed by atoms with Gasteiger partial charge in [0.1, 0.15) is 0 Å². The molecule has 0 atom stereocenters. The second kappa shape index (κ2) is 8.24. The molecule has 0 aliphatic rings. The lowest BCUT2D eigenvalue weighted by molar-refractivity contribution is 0.137. The quantitative estimate of drug-likeness (QED) is 0.682. The predicted octanol–water partition coefficient (Wildman–Crippen LogP) is 5.38. The first-order chi connectivity index (χ1) is 11.2. The number of benzene rings is 3. The predicted molar refractivity (Wildman–Crippen MR) is 91.8 cm³/mol. The molecule has 3 aromatic carbocycles. The Morgan fingerprint density at radius 3 is 1.00 bits per heavy atom. The van der Waals surface area contributed by atoms with E-state index in [4.69, 9.17) is 15.0 Å². The van der Waals surface area contributed by atoms with Crippen molar-refractivity contribution in [3.8, 4) is 0 Å². The van der Waals surface area contributed by atoms with E-state index in [9.17, 15) is 0 Å². The van der Waals surface area contributed by atoms with Gasteiger partial charge in [-0.1, -0.05) is 54.6 Å². The first kappa shape index (κ1) is 16.1. The summed E-state index contributed by atoms with van der Waals surface area (Å²) >= 11 is 0. The van der Waals surface area contributed by atoms with Crippen LogP contribution in [0.5, 0.6) is 0 Å². The van der Waals surface area contributed by atoms with Crippen molar-refractivity contribution in [2.24, 2.45) is 0 Å². The van der Waals surface area contributed by atoms with E-state index < -0.39 is 6.16 Å². The minimum atomic E-state index is -1.83. The average molecular weight is 307 g/mol. The zero-order valence-corrected chi connectivity index (χ0v) is 12.4. The van der Waals surface area contributed by atoms with Gasteiger partial charge in [-0.05, 0) is 36.4 Å². The van der Waals surface area contributed by atoms with Crippen molar-refractivity contribution in [3.05, 3.63) is 91.0 Å². The van der Waals surface area contributed by atoms with Gasteiger partial charge in [-0.3, -0.25) is 0 Å². The van der Waals surface area contributed by atoms with Crippen molar-refractivity contribution >= 4 is 23.2 Å². The highest BCUT2D eigenvalue weighted by Crippen LogP contribution is 2.33. The first-order valence-electron chi connectivity index (χ1n) is 7.05. The van der Waals surface area contributed by atoms with Crippen LogP contribution in [0.2, 0.25) is 0 Å². The normalized spacial score (nSPS) is 9.39. The van der Waals surface area contributed by atoms with Crippen molar-refractivity contribution in [3.63, 3.8) is 0 Å².